The van der Waals surface area contributed by atoms with Crippen LogP contribution in [-0.2, 0) is 4.79 Å². The van der Waals surface area contributed by atoms with Gasteiger partial charge in [0.2, 0.25) is 5.91 Å². The number of nitrogens with one attached hydrogen (secondary N) is 1. The van der Waals surface area contributed by atoms with Gasteiger partial charge < -0.3 is 4.90 Å². The summed E-state index contributed by atoms with van der Waals surface area (Å²) in [5, 5.41) is 0. The van der Waals surface area contributed by atoms with Crippen molar-refractivity contribution >= 4 is 5.91 Å². The standard InChI is InChI=1S/C13H29N3O/c1-4-6-10-16(11-7-5-2)12(3)8-9-13(17)15-14/h12H,4-11,14H2,1-3H3,(H,15,17). The molecule has 0 bridgehead atoms. The number of amides is 1. The molecule has 0 spiro atoms. The minimum atomic E-state index is -0.0669. The molecule has 0 fully saturated rings. The monoisotopic (exact) mass is 243 g/mol. The average molecular weight is 243 g/mol. The molecule has 0 aromatic carbocycles. The molecule has 4 nitrogen and oxygen atoms in total. The van der Waals surface area contributed by atoms with Crippen molar-refractivity contribution < 1.29 is 4.79 Å². The van der Waals surface area contributed by atoms with E-state index in [4.69, 9.17) is 5.84 Å². The third kappa shape index (κ3) is 8.16. The zero-order valence-corrected chi connectivity index (χ0v) is 11.7. The van der Waals surface area contributed by atoms with Gasteiger partial charge in [0, 0.05) is 12.5 Å². The zero-order chi connectivity index (χ0) is 13.1. The highest BCUT2D eigenvalue weighted by molar-refractivity contribution is 5.75. The van der Waals surface area contributed by atoms with Crippen LogP contribution < -0.4 is 11.3 Å². The first kappa shape index (κ1) is 16.4. The first-order valence-electron chi connectivity index (χ1n) is 6.89. The molecule has 0 aliphatic heterocycles. The Balaban J connectivity index is 4.01. The lowest BCUT2D eigenvalue weighted by atomic mass is 10.1. The van der Waals surface area contributed by atoms with Crippen molar-refractivity contribution in [2.24, 2.45) is 5.84 Å². The summed E-state index contributed by atoms with van der Waals surface area (Å²) < 4.78 is 0. The average Bonchev–Trinajstić information content (AvgIpc) is 2.35. The number of carbonyl (C=O) groups excluding carboxylic acids is 1. The van der Waals surface area contributed by atoms with E-state index in [2.05, 4.69) is 31.1 Å². The molecular formula is C13H29N3O. The largest absolute Gasteiger partial charge is 0.301 e. The Kier molecular flexibility index (Phi) is 10.2. The number of nitrogens with zero attached hydrogens (tertiary/aromatic N) is 1. The summed E-state index contributed by atoms with van der Waals surface area (Å²) in [4.78, 5) is 13.6. The molecule has 3 N–H and O–H groups in total. The van der Waals surface area contributed by atoms with Crippen LogP contribution in [0.3, 0.4) is 0 Å². The maximum atomic E-state index is 11.1. The highest BCUT2D eigenvalue weighted by Gasteiger charge is 2.13. The highest BCUT2D eigenvalue weighted by Crippen LogP contribution is 2.09. The Morgan fingerprint density at radius 3 is 2.18 bits per heavy atom. The molecule has 0 rings (SSSR count). The van der Waals surface area contributed by atoms with E-state index in [1.165, 1.54) is 25.7 Å². The van der Waals surface area contributed by atoms with Crippen molar-refractivity contribution in [2.45, 2.75) is 65.3 Å². The number of unbranched alkanes of at least 4 members (excludes halogenated alkanes) is 2. The highest BCUT2D eigenvalue weighted by atomic mass is 16.2. The molecule has 0 aliphatic carbocycles. The number of nitrogens with two attached hydrogens (primary N) is 1. The van der Waals surface area contributed by atoms with E-state index in [0.717, 1.165) is 19.5 Å². The third-order valence-electron chi connectivity index (χ3n) is 3.17. The van der Waals surface area contributed by atoms with Gasteiger partial charge in [-0.25, -0.2) is 5.84 Å². The van der Waals surface area contributed by atoms with Crippen molar-refractivity contribution in [3.05, 3.63) is 0 Å². The molecule has 1 unspecified atom stereocenters. The summed E-state index contributed by atoms with van der Waals surface area (Å²) in [6, 6.07) is 0.463. The maximum Gasteiger partial charge on any atom is 0.233 e. The maximum absolute atomic E-state index is 11.1. The van der Waals surface area contributed by atoms with Gasteiger partial charge in [0.1, 0.15) is 0 Å². The third-order valence-corrected chi connectivity index (χ3v) is 3.17. The number of hydrogen-bond donors (Lipinski definition) is 2. The van der Waals surface area contributed by atoms with E-state index in [1.54, 1.807) is 0 Å². The molecule has 0 saturated carbocycles. The van der Waals surface area contributed by atoms with Gasteiger partial charge in [-0.2, -0.15) is 0 Å². The molecule has 17 heavy (non-hydrogen) atoms. The lowest BCUT2D eigenvalue weighted by Crippen LogP contribution is -2.37. The predicted octanol–water partition coefficient (Wildman–Crippen LogP) is 2.05. The normalized spacial score (nSPS) is 12.8. The van der Waals surface area contributed by atoms with Gasteiger partial charge in [0.05, 0.1) is 0 Å². The number of rotatable bonds is 10. The zero-order valence-electron chi connectivity index (χ0n) is 11.7. The Hall–Kier alpha value is -0.610. The number of hydrazine groups is 1. The van der Waals surface area contributed by atoms with Gasteiger partial charge in [-0.15, -0.1) is 0 Å². The van der Waals surface area contributed by atoms with E-state index >= 15 is 0 Å². The fourth-order valence-electron chi connectivity index (χ4n) is 1.87. The summed E-state index contributed by atoms with van der Waals surface area (Å²) in [5.74, 6) is 5.01. The minimum absolute atomic E-state index is 0.0669. The second-order valence-corrected chi connectivity index (χ2v) is 4.70. The lowest BCUT2D eigenvalue weighted by molar-refractivity contribution is -0.121. The molecule has 102 valence electrons. The van der Waals surface area contributed by atoms with Crippen LogP contribution in [0.15, 0.2) is 0 Å². The first-order chi connectivity index (χ1) is 8.15. The number of carbonyl (C=O) groups is 1. The molecule has 4 heteroatoms. The minimum Gasteiger partial charge on any atom is -0.301 e. The topological polar surface area (TPSA) is 58.4 Å². The summed E-state index contributed by atoms with van der Waals surface area (Å²) in [5.41, 5.74) is 2.19. The summed E-state index contributed by atoms with van der Waals surface area (Å²) in [7, 11) is 0. The van der Waals surface area contributed by atoms with Crippen molar-refractivity contribution in [3.8, 4) is 0 Å². The van der Waals surface area contributed by atoms with Gasteiger partial charge in [-0.05, 0) is 39.3 Å². The molecule has 0 aromatic heterocycles. The predicted molar refractivity (Wildman–Crippen MR) is 72.4 cm³/mol. The Morgan fingerprint density at radius 1 is 1.24 bits per heavy atom. The lowest BCUT2D eigenvalue weighted by Gasteiger charge is -2.28. The Morgan fingerprint density at radius 2 is 1.76 bits per heavy atom. The van der Waals surface area contributed by atoms with Crippen LogP contribution in [0.1, 0.15) is 59.3 Å². The second-order valence-electron chi connectivity index (χ2n) is 4.70. The molecular weight excluding hydrogens is 214 g/mol. The van der Waals surface area contributed by atoms with Crippen LogP contribution in [0, 0.1) is 0 Å². The van der Waals surface area contributed by atoms with Gasteiger partial charge in [-0.1, -0.05) is 26.7 Å². The van der Waals surface area contributed by atoms with Crippen LogP contribution >= 0.6 is 0 Å². The fourth-order valence-corrected chi connectivity index (χ4v) is 1.87. The summed E-state index contributed by atoms with van der Waals surface area (Å²) in [6.45, 7) is 8.91. The summed E-state index contributed by atoms with van der Waals surface area (Å²) >= 11 is 0. The molecule has 0 saturated heterocycles. The van der Waals surface area contributed by atoms with E-state index in [9.17, 15) is 4.79 Å². The molecule has 0 radical (unpaired) electrons. The Bertz CT molecular complexity index is 189. The van der Waals surface area contributed by atoms with E-state index < -0.39 is 0 Å². The van der Waals surface area contributed by atoms with Crippen LogP contribution in [0.5, 0.6) is 0 Å². The van der Waals surface area contributed by atoms with E-state index in [1.807, 2.05) is 0 Å². The SMILES string of the molecule is CCCCN(CCCC)C(C)CCC(=O)NN. The molecule has 0 aliphatic rings. The van der Waals surface area contributed by atoms with Crippen LogP contribution in [-0.4, -0.2) is 29.9 Å². The van der Waals surface area contributed by atoms with Gasteiger partial charge in [0.25, 0.3) is 0 Å². The van der Waals surface area contributed by atoms with Gasteiger partial charge in [0.15, 0.2) is 0 Å². The number of hydrogen-bond acceptors (Lipinski definition) is 3. The van der Waals surface area contributed by atoms with E-state index in [-0.39, 0.29) is 5.91 Å². The van der Waals surface area contributed by atoms with Crippen molar-refractivity contribution in [3.63, 3.8) is 0 Å². The van der Waals surface area contributed by atoms with Crippen molar-refractivity contribution in [1.29, 1.82) is 0 Å². The van der Waals surface area contributed by atoms with Crippen molar-refractivity contribution in [1.82, 2.24) is 10.3 Å². The first-order valence-corrected chi connectivity index (χ1v) is 6.89. The fraction of sp³-hybridized carbons (Fsp3) is 0.923. The smallest absolute Gasteiger partial charge is 0.233 e. The molecule has 1 atom stereocenters. The molecule has 1 amide bonds. The summed E-state index contributed by atoms with van der Waals surface area (Å²) in [6.07, 6.45) is 6.31. The van der Waals surface area contributed by atoms with Crippen molar-refractivity contribution in [2.75, 3.05) is 13.1 Å². The second kappa shape index (κ2) is 10.5. The van der Waals surface area contributed by atoms with Crippen LogP contribution in [0.4, 0.5) is 0 Å². The van der Waals surface area contributed by atoms with Gasteiger partial charge >= 0.3 is 0 Å². The quantitative estimate of drug-likeness (QED) is 0.351. The molecule has 0 aromatic rings. The van der Waals surface area contributed by atoms with Gasteiger partial charge in [-0.3, -0.25) is 10.2 Å². The molecule has 0 heterocycles. The Labute approximate surface area is 106 Å². The van der Waals surface area contributed by atoms with Crippen LogP contribution in [0.25, 0.3) is 0 Å². The van der Waals surface area contributed by atoms with Crippen LogP contribution in [0.2, 0.25) is 0 Å². The van der Waals surface area contributed by atoms with E-state index in [0.29, 0.717) is 12.5 Å².